The lowest BCUT2D eigenvalue weighted by atomic mass is 9.64. The summed E-state index contributed by atoms with van der Waals surface area (Å²) >= 11 is 1.25. The second-order valence-electron chi connectivity index (χ2n) is 9.27. The normalized spacial score (nSPS) is 13.8. The quantitative estimate of drug-likeness (QED) is 0.720. The Bertz CT molecular complexity index is 444. The molecule has 0 N–H and O–H groups in total. The predicted molar refractivity (Wildman–Crippen MR) is 97.4 cm³/mol. The van der Waals surface area contributed by atoms with Gasteiger partial charge in [-0.25, -0.2) is 8.42 Å². The molecule has 0 bridgehead atoms. The van der Waals surface area contributed by atoms with E-state index in [2.05, 4.69) is 69.2 Å². The van der Waals surface area contributed by atoms with Crippen molar-refractivity contribution < 1.29 is 8.42 Å². The molecule has 124 valence electrons. The third-order valence-electron chi connectivity index (χ3n) is 3.64. The fourth-order valence-corrected chi connectivity index (χ4v) is 4.87. The highest BCUT2D eigenvalue weighted by molar-refractivity contribution is 7.67. The Morgan fingerprint density at radius 3 is 1.00 bits per heavy atom. The Labute approximate surface area is 138 Å². The van der Waals surface area contributed by atoms with Crippen LogP contribution in [0, 0.1) is 21.7 Å². The van der Waals surface area contributed by atoms with Gasteiger partial charge in [0.1, 0.15) is 0 Å². The summed E-state index contributed by atoms with van der Waals surface area (Å²) in [6.45, 7) is 21.0. The summed E-state index contributed by atoms with van der Waals surface area (Å²) in [6, 6.07) is 0. The maximum absolute atomic E-state index is 11.7. The van der Waals surface area contributed by atoms with Crippen molar-refractivity contribution in [3.05, 3.63) is 0 Å². The molecule has 0 unspecified atom stereocenters. The molecule has 0 aliphatic rings. The van der Waals surface area contributed by atoms with Gasteiger partial charge >= 0.3 is 0 Å². The van der Waals surface area contributed by atoms with Crippen molar-refractivity contribution in [2.24, 2.45) is 21.7 Å². The Morgan fingerprint density at radius 1 is 0.619 bits per heavy atom. The molecule has 0 heterocycles. The minimum atomic E-state index is -0.222. The molecule has 0 fully saturated rings. The second kappa shape index (κ2) is 6.49. The highest BCUT2D eigenvalue weighted by atomic mass is 32.1. The van der Waals surface area contributed by atoms with E-state index >= 15 is 0 Å². The van der Waals surface area contributed by atoms with Crippen LogP contribution in [0.4, 0.5) is 0 Å². The molecule has 0 rings (SSSR count). The highest BCUT2D eigenvalue weighted by Gasteiger charge is 2.42. The average molecular weight is 333 g/mol. The van der Waals surface area contributed by atoms with E-state index in [1.807, 2.05) is 0 Å². The van der Waals surface area contributed by atoms with Crippen LogP contribution < -0.4 is 0 Å². The van der Waals surface area contributed by atoms with Crippen molar-refractivity contribution in [2.75, 3.05) is 0 Å². The maximum atomic E-state index is 11.7. The fourth-order valence-electron chi connectivity index (χ4n) is 3.77. The van der Waals surface area contributed by atoms with E-state index in [0.717, 1.165) is 16.1 Å². The number of hydrogen-bond acceptors (Lipinski definition) is 2. The molecule has 0 aromatic carbocycles. The zero-order chi connectivity index (χ0) is 17.3. The first-order chi connectivity index (χ1) is 9.09. The monoisotopic (exact) mass is 332 g/mol. The van der Waals surface area contributed by atoms with Gasteiger partial charge < -0.3 is 0 Å². The van der Waals surface area contributed by atoms with Gasteiger partial charge in [-0.1, -0.05) is 69.2 Å². The molecule has 4 heteroatoms. The van der Waals surface area contributed by atoms with E-state index in [0.29, 0.717) is 22.5 Å². The van der Waals surface area contributed by atoms with Gasteiger partial charge in [-0.05, 0) is 28.1 Å². The third kappa shape index (κ3) is 5.48. The maximum Gasteiger partial charge on any atom is 0.0887 e. The summed E-state index contributed by atoms with van der Waals surface area (Å²) in [5.74, 6) is 0. The molecule has 0 amide bonds. The van der Waals surface area contributed by atoms with Crippen LogP contribution in [0.15, 0.2) is 0 Å². The summed E-state index contributed by atoms with van der Waals surface area (Å²) in [6.07, 6.45) is 0.795. The molecule has 0 aliphatic carbocycles. The fraction of sp³-hybridized carbons (Fsp3) is 0.882. The van der Waals surface area contributed by atoms with E-state index in [1.165, 1.54) is 0 Å². The van der Waals surface area contributed by atoms with Crippen LogP contribution in [0.1, 0.15) is 75.7 Å². The van der Waals surface area contributed by atoms with Crippen molar-refractivity contribution in [3.8, 4) is 0 Å². The molecular formula is C17H32O2S2. The van der Waals surface area contributed by atoms with Gasteiger partial charge in [-0.3, -0.25) is 0 Å². The van der Waals surface area contributed by atoms with Gasteiger partial charge in [0.15, 0.2) is 0 Å². The summed E-state index contributed by atoms with van der Waals surface area (Å²) in [5.41, 5.74) is -0.724. The SMILES string of the molecule is CC(C)(C)C(=S=O)C(C)(C)CC(C)(C)C(=S=O)C(C)(C)C. The minimum absolute atomic E-state index is 0.140. The van der Waals surface area contributed by atoms with E-state index < -0.39 is 0 Å². The lowest BCUT2D eigenvalue weighted by Crippen LogP contribution is -2.43. The first-order valence-corrected chi connectivity index (χ1v) is 8.93. The van der Waals surface area contributed by atoms with Gasteiger partial charge in [0.25, 0.3) is 0 Å². The largest absolute Gasteiger partial charge is 0.212 e. The third-order valence-corrected chi connectivity index (χ3v) is 6.31. The average Bonchev–Trinajstić information content (AvgIpc) is 2.10. The molecule has 0 atom stereocenters. The van der Waals surface area contributed by atoms with Crippen LogP contribution in [-0.2, 0) is 22.5 Å². The predicted octanol–water partition coefficient (Wildman–Crippen LogP) is 4.29. The van der Waals surface area contributed by atoms with Crippen LogP contribution in [0.25, 0.3) is 0 Å². The number of rotatable bonds is 4. The molecule has 2 nitrogen and oxygen atoms in total. The summed E-state index contributed by atoms with van der Waals surface area (Å²) in [7, 11) is 0. The van der Waals surface area contributed by atoms with Crippen molar-refractivity contribution in [1.82, 2.24) is 0 Å². The molecular weight excluding hydrogens is 300 g/mol. The van der Waals surface area contributed by atoms with Gasteiger partial charge in [0, 0.05) is 9.73 Å². The first-order valence-electron chi connectivity index (χ1n) is 7.45. The Morgan fingerprint density at radius 2 is 0.857 bits per heavy atom. The van der Waals surface area contributed by atoms with Crippen molar-refractivity contribution in [1.29, 1.82) is 0 Å². The first kappa shape index (κ1) is 20.8. The van der Waals surface area contributed by atoms with Crippen LogP contribution in [-0.4, -0.2) is 18.1 Å². The van der Waals surface area contributed by atoms with E-state index in [9.17, 15) is 8.42 Å². The van der Waals surface area contributed by atoms with Crippen molar-refractivity contribution >= 4 is 32.2 Å². The Balaban J connectivity index is 5.74. The smallest absolute Gasteiger partial charge is 0.0887 e. The summed E-state index contributed by atoms with van der Waals surface area (Å²) in [4.78, 5) is 1.90. The van der Waals surface area contributed by atoms with Crippen LogP contribution in [0.2, 0.25) is 0 Å². The van der Waals surface area contributed by atoms with E-state index in [1.54, 1.807) is 0 Å². The van der Waals surface area contributed by atoms with Gasteiger partial charge in [-0.15, -0.1) is 0 Å². The van der Waals surface area contributed by atoms with Crippen LogP contribution >= 0.6 is 0 Å². The van der Waals surface area contributed by atoms with E-state index in [4.69, 9.17) is 0 Å². The van der Waals surface area contributed by atoms with Crippen molar-refractivity contribution in [3.63, 3.8) is 0 Å². The number of hydrogen-bond donors (Lipinski definition) is 0. The molecule has 0 aromatic rings. The van der Waals surface area contributed by atoms with Crippen LogP contribution in [0.3, 0.4) is 0 Å². The Hall–Kier alpha value is -0.220. The molecule has 21 heavy (non-hydrogen) atoms. The standard InChI is InChI=1S/C17H32O2S2/c1-14(2,3)12(20-18)16(7,8)11-17(9,10)13(21-19)15(4,5)6/h11H2,1-10H3. The molecule has 0 spiro atoms. The van der Waals surface area contributed by atoms with Gasteiger partial charge in [0.2, 0.25) is 0 Å². The second-order valence-corrected chi connectivity index (χ2v) is 10.4. The van der Waals surface area contributed by atoms with E-state index in [-0.39, 0.29) is 21.7 Å². The minimum Gasteiger partial charge on any atom is -0.212 e. The zero-order valence-electron chi connectivity index (χ0n) is 15.3. The molecule has 0 saturated carbocycles. The highest BCUT2D eigenvalue weighted by Crippen LogP contribution is 2.42. The lowest BCUT2D eigenvalue weighted by molar-refractivity contribution is 0.310. The molecule has 0 radical (unpaired) electrons. The Kier molecular flexibility index (Phi) is 6.42. The molecule has 0 aromatic heterocycles. The lowest BCUT2D eigenvalue weighted by Gasteiger charge is -2.42. The molecule has 0 aliphatic heterocycles. The van der Waals surface area contributed by atoms with Gasteiger partial charge in [0.05, 0.1) is 22.5 Å². The van der Waals surface area contributed by atoms with Gasteiger partial charge in [-0.2, -0.15) is 0 Å². The zero-order valence-corrected chi connectivity index (χ0v) is 17.0. The topological polar surface area (TPSA) is 34.1 Å². The summed E-state index contributed by atoms with van der Waals surface area (Å²) in [5, 5.41) is 0. The van der Waals surface area contributed by atoms with Crippen molar-refractivity contribution in [2.45, 2.75) is 75.7 Å². The molecule has 0 saturated heterocycles. The van der Waals surface area contributed by atoms with Crippen LogP contribution in [0.5, 0.6) is 0 Å². The summed E-state index contributed by atoms with van der Waals surface area (Å²) < 4.78 is 23.3.